The normalized spacial score (nSPS) is 10.2. The first-order valence-electron chi connectivity index (χ1n) is 5.08. The largest absolute Gasteiger partial charge is 0.350 e. The minimum atomic E-state index is -0.197. The van der Waals surface area contributed by atoms with Crippen LogP contribution in [0.15, 0.2) is 18.3 Å². The second-order valence-electron chi connectivity index (χ2n) is 3.05. The van der Waals surface area contributed by atoms with Crippen molar-refractivity contribution < 1.29 is 4.79 Å². The molecule has 7 heteroatoms. The van der Waals surface area contributed by atoms with Gasteiger partial charge in [0.05, 0.1) is 0 Å². The van der Waals surface area contributed by atoms with Crippen molar-refractivity contribution >= 4 is 39.1 Å². The monoisotopic (exact) mass is 291 g/mol. The fourth-order valence-electron chi connectivity index (χ4n) is 0.992. The van der Waals surface area contributed by atoms with Gasteiger partial charge in [-0.3, -0.25) is 9.78 Å². The molecule has 3 N–H and O–H groups in total. The zero-order valence-electron chi connectivity index (χ0n) is 9.19. The lowest BCUT2D eigenvalue weighted by Crippen LogP contribution is -2.26. The molecule has 94 valence electrons. The van der Waals surface area contributed by atoms with Gasteiger partial charge in [0.2, 0.25) is 0 Å². The molecule has 17 heavy (non-hydrogen) atoms. The Bertz CT molecular complexity index is 365. The van der Waals surface area contributed by atoms with Gasteiger partial charge in [-0.05, 0) is 12.1 Å². The van der Waals surface area contributed by atoms with Crippen LogP contribution < -0.4 is 11.1 Å². The van der Waals surface area contributed by atoms with E-state index in [1.165, 1.54) is 6.20 Å². The van der Waals surface area contributed by atoms with Crippen LogP contribution in [-0.4, -0.2) is 35.5 Å². The van der Waals surface area contributed by atoms with Crippen LogP contribution in [0.3, 0.4) is 0 Å². The number of nitrogens with two attached hydrogens (primary N) is 1. The molecule has 1 aromatic heterocycles. The molecule has 0 aliphatic rings. The molecule has 0 aliphatic carbocycles. The maximum absolute atomic E-state index is 11.6. The molecule has 0 radical (unpaired) electrons. The van der Waals surface area contributed by atoms with Gasteiger partial charge in [-0.25, -0.2) is 0 Å². The first-order chi connectivity index (χ1) is 8.24. The van der Waals surface area contributed by atoms with Crippen LogP contribution in [0, 0.1) is 0 Å². The summed E-state index contributed by atoms with van der Waals surface area (Å²) in [6.45, 7) is 1.28. The lowest BCUT2D eigenvalue weighted by molar-refractivity contribution is 0.0951. The minimum Gasteiger partial charge on any atom is -0.350 e. The third-order valence-electron chi connectivity index (χ3n) is 1.71. The maximum atomic E-state index is 11.6. The summed E-state index contributed by atoms with van der Waals surface area (Å²) in [6, 6.07) is 3.19. The molecule has 4 nitrogen and oxygen atoms in total. The molecule has 0 aliphatic heterocycles. The highest BCUT2D eigenvalue weighted by molar-refractivity contribution is 8.76. The summed E-state index contributed by atoms with van der Waals surface area (Å²) >= 11 is 5.77. The molecule has 1 rings (SSSR count). The van der Waals surface area contributed by atoms with E-state index in [1.807, 2.05) is 0 Å². The zero-order valence-corrected chi connectivity index (χ0v) is 11.6. The Hall–Kier alpha value is -0.430. The van der Waals surface area contributed by atoms with Crippen LogP contribution in [0.5, 0.6) is 0 Å². The Kier molecular flexibility index (Phi) is 7.43. The molecular formula is C10H14ClN3OS2. The van der Waals surface area contributed by atoms with Crippen LogP contribution in [0.1, 0.15) is 10.5 Å². The van der Waals surface area contributed by atoms with E-state index in [0.29, 0.717) is 23.8 Å². The highest BCUT2D eigenvalue weighted by atomic mass is 35.5. The van der Waals surface area contributed by atoms with Gasteiger partial charge < -0.3 is 11.1 Å². The number of rotatable bonds is 7. The van der Waals surface area contributed by atoms with E-state index in [1.54, 1.807) is 33.7 Å². The second-order valence-corrected chi connectivity index (χ2v) is 6.19. The van der Waals surface area contributed by atoms with E-state index in [9.17, 15) is 4.79 Å². The minimum absolute atomic E-state index is 0.197. The van der Waals surface area contributed by atoms with Gasteiger partial charge in [-0.1, -0.05) is 33.2 Å². The van der Waals surface area contributed by atoms with Gasteiger partial charge in [0.15, 0.2) is 0 Å². The van der Waals surface area contributed by atoms with Crippen LogP contribution in [-0.2, 0) is 0 Å². The summed E-state index contributed by atoms with van der Waals surface area (Å²) in [5.74, 6) is 1.57. The van der Waals surface area contributed by atoms with E-state index in [2.05, 4.69) is 10.3 Å². The number of pyridine rings is 1. The Labute approximate surface area is 113 Å². The summed E-state index contributed by atoms with van der Waals surface area (Å²) in [5.41, 5.74) is 5.70. The standard InChI is InChI=1S/C10H14ClN3OS2/c11-8-1-3-13-9(7-8)10(15)14-4-6-17-16-5-2-12/h1,3,7H,2,4-6,12H2,(H,14,15). The third-order valence-corrected chi connectivity index (χ3v) is 4.39. The molecule has 0 saturated carbocycles. The maximum Gasteiger partial charge on any atom is 0.269 e. The molecule has 0 spiro atoms. The predicted octanol–water partition coefficient (Wildman–Crippen LogP) is 1.80. The van der Waals surface area contributed by atoms with Crippen molar-refractivity contribution in [3.63, 3.8) is 0 Å². The fourth-order valence-corrected chi connectivity index (χ4v) is 2.91. The highest BCUT2D eigenvalue weighted by Gasteiger charge is 2.06. The average molecular weight is 292 g/mol. The molecule has 0 unspecified atom stereocenters. The van der Waals surface area contributed by atoms with Crippen LogP contribution in [0.2, 0.25) is 5.02 Å². The van der Waals surface area contributed by atoms with Crippen molar-refractivity contribution in [3.8, 4) is 0 Å². The van der Waals surface area contributed by atoms with Gasteiger partial charge in [0, 0.05) is 35.8 Å². The predicted molar refractivity (Wildman–Crippen MR) is 75.6 cm³/mol. The molecule has 0 aromatic carbocycles. The topological polar surface area (TPSA) is 68.0 Å². The van der Waals surface area contributed by atoms with Gasteiger partial charge in [0.1, 0.15) is 5.69 Å². The second kappa shape index (κ2) is 8.63. The summed E-state index contributed by atoms with van der Waals surface area (Å²) in [4.78, 5) is 15.6. The number of hydrogen-bond donors (Lipinski definition) is 2. The van der Waals surface area contributed by atoms with Crippen molar-refractivity contribution in [2.45, 2.75) is 0 Å². The Balaban J connectivity index is 2.21. The summed E-state index contributed by atoms with van der Waals surface area (Å²) < 4.78 is 0. The van der Waals surface area contributed by atoms with E-state index in [0.717, 1.165) is 11.5 Å². The van der Waals surface area contributed by atoms with Crippen LogP contribution in [0.25, 0.3) is 0 Å². The SMILES string of the molecule is NCCSSCCNC(=O)c1cc(Cl)ccn1. The van der Waals surface area contributed by atoms with Gasteiger partial charge in [0.25, 0.3) is 5.91 Å². The van der Waals surface area contributed by atoms with Crippen molar-refractivity contribution in [2.75, 3.05) is 24.6 Å². The fraction of sp³-hybridized carbons (Fsp3) is 0.400. The smallest absolute Gasteiger partial charge is 0.269 e. The van der Waals surface area contributed by atoms with Gasteiger partial charge >= 0.3 is 0 Å². The molecule has 1 amide bonds. The number of amides is 1. The van der Waals surface area contributed by atoms with Crippen molar-refractivity contribution in [1.29, 1.82) is 0 Å². The number of aromatic nitrogens is 1. The van der Waals surface area contributed by atoms with E-state index < -0.39 is 0 Å². The molecule has 0 saturated heterocycles. The lowest BCUT2D eigenvalue weighted by Gasteiger charge is -2.04. The van der Waals surface area contributed by atoms with Crippen LogP contribution in [0.4, 0.5) is 0 Å². The first kappa shape index (κ1) is 14.6. The summed E-state index contributed by atoms with van der Waals surface area (Å²) in [7, 11) is 3.40. The number of nitrogens with zero attached hydrogens (tertiary/aromatic N) is 1. The van der Waals surface area contributed by atoms with Gasteiger partial charge in [-0.2, -0.15) is 0 Å². The molecule has 0 fully saturated rings. The quantitative estimate of drug-likeness (QED) is 0.592. The number of halogens is 1. The van der Waals surface area contributed by atoms with Crippen molar-refractivity contribution in [1.82, 2.24) is 10.3 Å². The van der Waals surface area contributed by atoms with Gasteiger partial charge in [-0.15, -0.1) is 0 Å². The number of nitrogens with one attached hydrogen (secondary N) is 1. The summed E-state index contributed by atoms with van der Waals surface area (Å²) in [5, 5.41) is 3.29. The summed E-state index contributed by atoms with van der Waals surface area (Å²) in [6.07, 6.45) is 1.52. The number of hydrogen-bond acceptors (Lipinski definition) is 5. The Morgan fingerprint density at radius 2 is 2.24 bits per heavy atom. The Morgan fingerprint density at radius 3 is 2.94 bits per heavy atom. The van der Waals surface area contributed by atoms with E-state index in [-0.39, 0.29) is 5.91 Å². The third kappa shape index (κ3) is 6.16. The number of carbonyl (C=O) groups is 1. The highest BCUT2D eigenvalue weighted by Crippen LogP contribution is 2.18. The van der Waals surface area contributed by atoms with E-state index >= 15 is 0 Å². The average Bonchev–Trinajstić information content (AvgIpc) is 2.33. The van der Waals surface area contributed by atoms with E-state index in [4.69, 9.17) is 17.3 Å². The molecule has 1 aromatic rings. The molecule has 0 atom stereocenters. The van der Waals surface area contributed by atoms with Crippen molar-refractivity contribution in [3.05, 3.63) is 29.0 Å². The zero-order chi connectivity index (χ0) is 12.5. The molecular weight excluding hydrogens is 278 g/mol. The molecule has 0 bridgehead atoms. The van der Waals surface area contributed by atoms with Crippen LogP contribution >= 0.6 is 33.2 Å². The lowest BCUT2D eigenvalue weighted by atomic mass is 10.3. The Morgan fingerprint density at radius 1 is 1.47 bits per heavy atom. The van der Waals surface area contributed by atoms with Crippen molar-refractivity contribution in [2.24, 2.45) is 5.73 Å². The first-order valence-corrected chi connectivity index (χ1v) is 7.95. The number of carbonyl (C=O) groups excluding carboxylic acids is 1. The molecule has 1 heterocycles.